The molecule has 0 aliphatic carbocycles. The van der Waals surface area contributed by atoms with Crippen LogP contribution in [0.1, 0.15) is 34.8 Å². The molecule has 6 nitrogen and oxygen atoms in total. The largest absolute Gasteiger partial charge is 0.494 e. The highest BCUT2D eigenvalue weighted by Gasteiger charge is 2.17. The van der Waals surface area contributed by atoms with Gasteiger partial charge in [0.2, 0.25) is 0 Å². The predicted molar refractivity (Wildman–Crippen MR) is 107 cm³/mol. The molecule has 0 saturated carbocycles. The Bertz CT molecular complexity index is 857. The maximum atomic E-state index is 12.4. The predicted octanol–water partition coefficient (Wildman–Crippen LogP) is 3.78. The van der Waals surface area contributed by atoms with Crippen molar-refractivity contribution in [2.45, 2.75) is 19.9 Å². The molecular weight excluding hydrogens is 356 g/mol. The van der Waals surface area contributed by atoms with Gasteiger partial charge in [0.1, 0.15) is 5.75 Å². The molecular formula is C22H24N2O4. The number of nitrogens with one attached hydrogen (secondary N) is 1. The van der Waals surface area contributed by atoms with Crippen LogP contribution in [0.3, 0.4) is 0 Å². The Morgan fingerprint density at radius 1 is 1.11 bits per heavy atom. The van der Waals surface area contributed by atoms with Crippen LogP contribution in [-0.2, 0) is 6.54 Å². The summed E-state index contributed by atoms with van der Waals surface area (Å²) in [5.41, 5.74) is 3.48. The monoisotopic (exact) mass is 380 g/mol. The third kappa shape index (κ3) is 4.91. The summed E-state index contributed by atoms with van der Waals surface area (Å²) in [6.07, 6.45) is 2.88. The SMILES string of the molecule is CCOc1ccc(C2=CCN(C(=O)NCc3ccc(C(=O)O)cc3)CC2)cc1. The molecule has 2 N–H and O–H groups in total. The number of carboxylic acids is 1. The zero-order valence-electron chi connectivity index (χ0n) is 15.9. The lowest BCUT2D eigenvalue weighted by Gasteiger charge is -2.27. The van der Waals surface area contributed by atoms with Crippen LogP contribution in [0.4, 0.5) is 4.79 Å². The Kier molecular flexibility index (Phi) is 6.32. The molecule has 0 radical (unpaired) electrons. The lowest BCUT2D eigenvalue weighted by Crippen LogP contribution is -2.41. The first-order valence-corrected chi connectivity index (χ1v) is 9.34. The van der Waals surface area contributed by atoms with E-state index in [0.717, 1.165) is 23.3 Å². The van der Waals surface area contributed by atoms with Crippen molar-refractivity contribution in [3.05, 3.63) is 71.3 Å². The third-order valence-corrected chi connectivity index (χ3v) is 4.68. The van der Waals surface area contributed by atoms with Gasteiger partial charge in [-0.15, -0.1) is 0 Å². The number of nitrogens with zero attached hydrogens (tertiary/aromatic N) is 1. The third-order valence-electron chi connectivity index (χ3n) is 4.68. The molecule has 0 aromatic heterocycles. The first-order valence-electron chi connectivity index (χ1n) is 9.34. The number of carbonyl (C=O) groups excluding carboxylic acids is 1. The molecule has 6 heteroatoms. The van der Waals surface area contributed by atoms with Crippen LogP contribution in [0.25, 0.3) is 5.57 Å². The van der Waals surface area contributed by atoms with Gasteiger partial charge < -0.3 is 20.1 Å². The molecule has 1 aliphatic rings. The summed E-state index contributed by atoms with van der Waals surface area (Å²) in [7, 11) is 0. The Morgan fingerprint density at radius 3 is 2.39 bits per heavy atom. The minimum absolute atomic E-state index is 0.121. The van der Waals surface area contributed by atoms with Gasteiger partial charge in [0, 0.05) is 19.6 Å². The lowest BCUT2D eigenvalue weighted by atomic mass is 9.99. The summed E-state index contributed by atoms with van der Waals surface area (Å²) in [5, 5.41) is 11.8. The van der Waals surface area contributed by atoms with E-state index in [2.05, 4.69) is 11.4 Å². The smallest absolute Gasteiger partial charge is 0.335 e. The lowest BCUT2D eigenvalue weighted by molar-refractivity contribution is 0.0697. The van der Waals surface area contributed by atoms with Crippen molar-refractivity contribution in [3.8, 4) is 5.75 Å². The van der Waals surface area contributed by atoms with Gasteiger partial charge in [0.25, 0.3) is 0 Å². The van der Waals surface area contributed by atoms with Gasteiger partial charge in [-0.3, -0.25) is 0 Å². The van der Waals surface area contributed by atoms with E-state index in [9.17, 15) is 9.59 Å². The minimum atomic E-state index is -0.959. The molecule has 1 aliphatic heterocycles. The minimum Gasteiger partial charge on any atom is -0.494 e. The van der Waals surface area contributed by atoms with Crippen molar-refractivity contribution in [1.82, 2.24) is 10.2 Å². The van der Waals surface area contributed by atoms with Crippen LogP contribution in [-0.4, -0.2) is 41.7 Å². The summed E-state index contributed by atoms with van der Waals surface area (Å²) in [5.74, 6) is -0.0981. The van der Waals surface area contributed by atoms with E-state index in [1.807, 2.05) is 31.2 Å². The summed E-state index contributed by atoms with van der Waals surface area (Å²) >= 11 is 0. The second-order valence-corrected chi connectivity index (χ2v) is 6.54. The van der Waals surface area contributed by atoms with Crippen molar-refractivity contribution in [2.75, 3.05) is 19.7 Å². The summed E-state index contributed by atoms with van der Waals surface area (Å²) < 4.78 is 5.47. The first-order chi connectivity index (χ1) is 13.6. The number of carbonyl (C=O) groups is 2. The molecule has 2 aromatic rings. The van der Waals surface area contributed by atoms with Gasteiger partial charge in [-0.2, -0.15) is 0 Å². The maximum Gasteiger partial charge on any atom is 0.335 e. The number of urea groups is 1. The Hall–Kier alpha value is -3.28. The van der Waals surface area contributed by atoms with Crippen molar-refractivity contribution in [1.29, 1.82) is 0 Å². The zero-order chi connectivity index (χ0) is 19.9. The number of ether oxygens (including phenoxy) is 1. The normalized spacial score (nSPS) is 13.6. The van der Waals surface area contributed by atoms with Crippen LogP contribution in [0.5, 0.6) is 5.75 Å². The van der Waals surface area contributed by atoms with E-state index in [0.29, 0.717) is 26.2 Å². The van der Waals surface area contributed by atoms with Crippen LogP contribution < -0.4 is 10.1 Å². The highest BCUT2D eigenvalue weighted by molar-refractivity contribution is 5.87. The molecule has 2 aromatic carbocycles. The number of hydrogen-bond acceptors (Lipinski definition) is 3. The van der Waals surface area contributed by atoms with E-state index in [1.165, 1.54) is 17.7 Å². The number of benzene rings is 2. The highest BCUT2D eigenvalue weighted by atomic mass is 16.5. The molecule has 2 amide bonds. The molecule has 0 unspecified atom stereocenters. The van der Waals surface area contributed by atoms with E-state index in [1.54, 1.807) is 17.0 Å². The fourth-order valence-corrected chi connectivity index (χ4v) is 3.10. The molecule has 0 spiro atoms. The Balaban J connectivity index is 1.51. The van der Waals surface area contributed by atoms with Crippen molar-refractivity contribution in [3.63, 3.8) is 0 Å². The first kappa shape index (κ1) is 19.5. The Morgan fingerprint density at radius 2 is 1.82 bits per heavy atom. The van der Waals surface area contributed by atoms with Crippen molar-refractivity contribution in [2.24, 2.45) is 0 Å². The fraction of sp³-hybridized carbons (Fsp3) is 0.273. The second-order valence-electron chi connectivity index (χ2n) is 6.54. The van der Waals surface area contributed by atoms with E-state index in [-0.39, 0.29) is 11.6 Å². The maximum absolute atomic E-state index is 12.4. The van der Waals surface area contributed by atoms with Gasteiger partial charge in [-0.1, -0.05) is 30.3 Å². The summed E-state index contributed by atoms with van der Waals surface area (Å²) in [6.45, 7) is 4.19. The summed E-state index contributed by atoms with van der Waals surface area (Å²) in [4.78, 5) is 25.0. The molecule has 146 valence electrons. The van der Waals surface area contributed by atoms with Crippen molar-refractivity contribution < 1.29 is 19.4 Å². The van der Waals surface area contributed by atoms with E-state index >= 15 is 0 Å². The van der Waals surface area contributed by atoms with Crippen LogP contribution in [0.15, 0.2) is 54.6 Å². The van der Waals surface area contributed by atoms with Gasteiger partial charge in [-0.25, -0.2) is 9.59 Å². The molecule has 0 bridgehead atoms. The number of amides is 2. The average molecular weight is 380 g/mol. The number of carboxylic acid groups (broad SMARTS) is 1. The van der Waals surface area contributed by atoms with Crippen LogP contribution in [0, 0.1) is 0 Å². The quantitative estimate of drug-likeness (QED) is 0.799. The van der Waals surface area contributed by atoms with Crippen LogP contribution in [0.2, 0.25) is 0 Å². The number of hydrogen-bond donors (Lipinski definition) is 2. The molecule has 0 saturated heterocycles. The van der Waals surface area contributed by atoms with Gasteiger partial charge in [-0.05, 0) is 54.3 Å². The summed E-state index contributed by atoms with van der Waals surface area (Å²) in [6, 6.07) is 14.4. The average Bonchev–Trinajstić information content (AvgIpc) is 2.73. The second kappa shape index (κ2) is 9.08. The van der Waals surface area contributed by atoms with Gasteiger partial charge in [0.05, 0.1) is 12.2 Å². The molecule has 3 rings (SSSR count). The highest BCUT2D eigenvalue weighted by Crippen LogP contribution is 2.24. The molecule has 1 heterocycles. The standard InChI is InChI=1S/C22H24N2O4/c1-2-28-20-9-7-17(8-10-20)18-11-13-24(14-12-18)22(27)23-15-16-3-5-19(6-4-16)21(25)26/h3-11H,2,12-15H2,1H3,(H,23,27)(H,25,26). The number of rotatable bonds is 6. The van der Waals surface area contributed by atoms with Gasteiger partial charge >= 0.3 is 12.0 Å². The van der Waals surface area contributed by atoms with E-state index in [4.69, 9.17) is 9.84 Å². The fourth-order valence-electron chi connectivity index (χ4n) is 3.10. The Labute approximate surface area is 164 Å². The molecule has 28 heavy (non-hydrogen) atoms. The van der Waals surface area contributed by atoms with E-state index < -0.39 is 5.97 Å². The zero-order valence-corrected chi connectivity index (χ0v) is 15.9. The molecule has 0 fully saturated rings. The topological polar surface area (TPSA) is 78.9 Å². The number of aromatic carboxylic acids is 1. The molecule has 0 atom stereocenters. The van der Waals surface area contributed by atoms with Gasteiger partial charge in [0.15, 0.2) is 0 Å². The van der Waals surface area contributed by atoms with Crippen molar-refractivity contribution >= 4 is 17.6 Å². The van der Waals surface area contributed by atoms with Crippen LogP contribution >= 0.6 is 0 Å².